The first-order chi connectivity index (χ1) is 5.47. The average Bonchev–Trinajstić information content (AvgIpc) is 1.82. The first-order valence-electron chi connectivity index (χ1n) is 2.80. The van der Waals surface area contributed by atoms with Crippen LogP contribution < -0.4 is 10.5 Å². The standard InChI is InChI=1S/C5H4F3N3O/c6-5(7,8)12-4-1-3(9)10-2-11-4/h1-2H,(H2,9,10,11). The minimum absolute atomic E-state index is 0.0794. The zero-order valence-electron chi connectivity index (χ0n) is 5.67. The molecule has 1 aromatic heterocycles. The van der Waals surface area contributed by atoms with Crippen molar-refractivity contribution in [3.8, 4) is 5.88 Å². The van der Waals surface area contributed by atoms with Gasteiger partial charge in [-0.1, -0.05) is 0 Å². The number of nitrogens with two attached hydrogens (primary N) is 1. The molecule has 0 amide bonds. The van der Waals surface area contributed by atoms with Crippen LogP contribution >= 0.6 is 0 Å². The van der Waals surface area contributed by atoms with E-state index in [-0.39, 0.29) is 5.82 Å². The van der Waals surface area contributed by atoms with E-state index in [0.717, 1.165) is 12.4 Å². The number of alkyl halides is 3. The van der Waals surface area contributed by atoms with Gasteiger partial charge < -0.3 is 10.5 Å². The van der Waals surface area contributed by atoms with E-state index in [9.17, 15) is 13.2 Å². The number of anilines is 1. The zero-order chi connectivity index (χ0) is 9.19. The molecule has 0 bridgehead atoms. The van der Waals surface area contributed by atoms with E-state index >= 15 is 0 Å². The quantitative estimate of drug-likeness (QED) is 0.697. The lowest BCUT2D eigenvalue weighted by atomic mass is 10.6. The van der Waals surface area contributed by atoms with E-state index < -0.39 is 12.2 Å². The van der Waals surface area contributed by atoms with Crippen molar-refractivity contribution in [3.05, 3.63) is 12.4 Å². The third-order valence-corrected chi connectivity index (χ3v) is 0.883. The summed E-state index contributed by atoms with van der Waals surface area (Å²) in [6, 6.07) is 0.882. The number of hydrogen-bond donors (Lipinski definition) is 1. The first-order valence-corrected chi connectivity index (χ1v) is 2.80. The van der Waals surface area contributed by atoms with Crippen LogP contribution in [0.15, 0.2) is 12.4 Å². The number of hydrogen-bond acceptors (Lipinski definition) is 4. The van der Waals surface area contributed by atoms with Crippen molar-refractivity contribution in [2.45, 2.75) is 6.36 Å². The second-order valence-electron chi connectivity index (χ2n) is 1.83. The molecule has 0 fully saturated rings. The smallest absolute Gasteiger partial charge is 0.388 e. The van der Waals surface area contributed by atoms with Gasteiger partial charge in [0, 0.05) is 6.07 Å². The molecule has 0 aliphatic heterocycles. The van der Waals surface area contributed by atoms with Gasteiger partial charge in [0.15, 0.2) is 0 Å². The minimum Gasteiger partial charge on any atom is -0.388 e. The van der Waals surface area contributed by atoms with Gasteiger partial charge in [0.25, 0.3) is 0 Å². The van der Waals surface area contributed by atoms with Crippen molar-refractivity contribution < 1.29 is 17.9 Å². The van der Waals surface area contributed by atoms with Crippen molar-refractivity contribution in [2.24, 2.45) is 0 Å². The number of aromatic nitrogens is 2. The van der Waals surface area contributed by atoms with E-state index in [1.807, 2.05) is 0 Å². The summed E-state index contributed by atoms with van der Waals surface area (Å²) in [4.78, 5) is 6.58. The molecule has 7 heteroatoms. The van der Waals surface area contributed by atoms with Gasteiger partial charge in [0.1, 0.15) is 12.1 Å². The predicted molar refractivity (Wildman–Crippen MR) is 33.1 cm³/mol. The highest BCUT2D eigenvalue weighted by atomic mass is 19.4. The maximum Gasteiger partial charge on any atom is 0.574 e. The summed E-state index contributed by atoms with van der Waals surface area (Å²) in [6.07, 6.45) is -3.86. The van der Waals surface area contributed by atoms with Crippen molar-refractivity contribution in [1.29, 1.82) is 0 Å². The van der Waals surface area contributed by atoms with Crippen LogP contribution in [0.3, 0.4) is 0 Å². The van der Waals surface area contributed by atoms with Gasteiger partial charge in [0.2, 0.25) is 5.88 Å². The molecule has 2 N–H and O–H groups in total. The Balaban J connectivity index is 2.77. The fourth-order valence-corrected chi connectivity index (χ4v) is 0.528. The molecule has 0 saturated carbocycles. The molecule has 0 aromatic carbocycles. The van der Waals surface area contributed by atoms with Crippen LogP contribution in [-0.2, 0) is 0 Å². The summed E-state index contributed by atoms with van der Waals surface area (Å²) < 4.78 is 38.1. The van der Waals surface area contributed by atoms with Crippen LogP contribution in [-0.4, -0.2) is 16.3 Å². The van der Waals surface area contributed by atoms with Gasteiger partial charge >= 0.3 is 6.36 Å². The van der Waals surface area contributed by atoms with Gasteiger partial charge in [0.05, 0.1) is 0 Å². The Bertz CT molecular complexity index is 275. The number of rotatable bonds is 1. The summed E-state index contributed by atoms with van der Waals surface area (Å²) in [5.41, 5.74) is 5.08. The van der Waals surface area contributed by atoms with Crippen LogP contribution in [0.2, 0.25) is 0 Å². The molecule has 66 valence electrons. The third kappa shape index (κ3) is 2.60. The van der Waals surface area contributed by atoms with Gasteiger partial charge in [-0.2, -0.15) is 0 Å². The van der Waals surface area contributed by atoms with Crippen molar-refractivity contribution in [3.63, 3.8) is 0 Å². The number of nitrogens with zero attached hydrogens (tertiary/aromatic N) is 2. The monoisotopic (exact) mass is 179 g/mol. The Morgan fingerprint density at radius 2 is 2.00 bits per heavy atom. The Morgan fingerprint density at radius 3 is 2.50 bits per heavy atom. The molecule has 12 heavy (non-hydrogen) atoms. The third-order valence-electron chi connectivity index (χ3n) is 0.883. The summed E-state index contributed by atoms with van der Waals surface area (Å²) in [7, 11) is 0. The number of halogens is 3. The Labute approximate surface area is 65.2 Å². The molecular formula is C5H4F3N3O. The molecule has 1 rings (SSSR count). The van der Waals surface area contributed by atoms with Crippen LogP contribution in [0.1, 0.15) is 0 Å². The average molecular weight is 179 g/mol. The van der Waals surface area contributed by atoms with Gasteiger partial charge in [-0.25, -0.2) is 9.97 Å². The SMILES string of the molecule is Nc1cc(OC(F)(F)F)ncn1. The Morgan fingerprint density at radius 1 is 1.33 bits per heavy atom. The highest BCUT2D eigenvalue weighted by molar-refractivity contribution is 5.30. The number of nitrogen functional groups attached to an aromatic ring is 1. The molecule has 0 aliphatic carbocycles. The van der Waals surface area contributed by atoms with E-state index in [2.05, 4.69) is 14.7 Å². The highest BCUT2D eigenvalue weighted by Crippen LogP contribution is 2.20. The minimum atomic E-state index is -4.75. The molecular weight excluding hydrogens is 175 g/mol. The van der Waals surface area contributed by atoms with Crippen LogP contribution in [0.4, 0.5) is 19.0 Å². The molecule has 1 aromatic rings. The topological polar surface area (TPSA) is 61.0 Å². The molecule has 0 saturated heterocycles. The van der Waals surface area contributed by atoms with Crippen LogP contribution in [0.5, 0.6) is 5.88 Å². The predicted octanol–water partition coefficient (Wildman–Crippen LogP) is 0.957. The van der Waals surface area contributed by atoms with Crippen molar-refractivity contribution in [1.82, 2.24) is 9.97 Å². The summed E-state index contributed by atoms with van der Waals surface area (Å²) in [5, 5.41) is 0. The van der Waals surface area contributed by atoms with E-state index in [1.165, 1.54) is 0 Å². The fraction of sp³-hybridized carbons (Fsp3) is 0.200. The lowest BCUT2D eigenvalue weighted by molar-refractivity contribution is -0.276. The van der Waals surface area contributed by atoms with E-state index in [1.54, 1.807) is 0 Å². The second kappa shape index (κ2) is 2.84. The van der Waals surface area contributed by atoms with Crippen LogP contribution in [0.25, 0.3) is 0 Å². The second-order valence-corrected chi connectivity index (χ2v) is 1.83. The normalized spacial score (nSPS) is 11.2. The van der Waals surface area contributed by atoms with E-state index in [0.29, 0.717) is 0 Å². The molecule has 0 unspecified atom stereocenters. The Hall–Kier alpha value is -1.53. The lowest BCUT2D eigenvalue weighted by Crippen LogP contribution is -2.18. The zero-order valence-corrected chi connectivity index (χ0v) is 5.67. The molecule has 0 atom stereocenters. The largest absolute Gasteiger partial charge is 0.574 e. The molecule has 0 spiro atoms. The summed E-state index contributed by atoms with van der Waals surface area (Å²) in [5.74, 6) is -0.695. The Kier molecular flexibility index (Phi) is 2.03. The van der Waals surface area contributed by atoms with E-state index in [4.69, 9.17) is 5.73 Å². The first kappa shape index (κ1) is 8.57. The maximum atomic E-state index is 11.5. The molecule has 0 aliphatic rings. The molecule has 0 radical (unpaired) electrons. The van der Waals surface area contributed by atoms with Crippen molar-refractivity contribution in [2.75, 3.05) is 5.73 Å². The number of ether oxygens (including phenoxy) is 1. The van der Waals surface area contributed by atoms with Gasteiger partial charge in [-0.15, -0.1) is 13.2 Å². The summed E-state index contributed by atoms with van der Waals surface area (Å²) in [6.45, 7) is 0. The van der Waals surface area contributed by atoms with Crippen molar-refractivity contribution >= 4 is 5.82 Å². The van der Waals surface area contributed by atoms with Gasteiger partial charge in [-0.3, -0.25) is 0 Å². The van der Waals surface area contributed by atoms with Gasteiger partial charge in [-0.05, 0) is 0 Å². The fourth-order valence-electron chi connectivity index (χ4n) is 0.528. The molecule has 1 heterocycles. The van der Waals surface area contributed by atoms with Crippen LogP contribution in [0, 0.1) is 0 Å². The highest BCUT2D eigenvalue weighted by Gasteiger charge is 2.31. The summed E-state index contributed by atoms with van der Waals surface area (Å²) >= 11 is 0. The maximum absolute atomic E-state index is 11.5. The molecule has 4 nitrogen and oxygen atoms in total. The lowest BCUT2D eigenvalue weighted by Gasteiger charge is -2.06.